The van der Waals surface area contributed by atoms with E-state index in [0.717, 1.165) is 4.47 Å². The molecule has 3 aromatic heterocycles. The molecule has 0 spiro atoms. The number of carboxylic acid groups (broad SMARTS) is 1. The van der Waals surface area contributed by atoms with Crippen molar-refractivity contribution in [2.45, 2.75) is 45.4 Å². The van der Waals surface area contributed by atoms with E-state index in [0.29, 0.717) is 35.4 Å². The average molecular weight is 667 g/mol. The van der Waals surface area contributed by atoms with Crippen molar-refractivity contribution >= 4 is 62.0 Å². The number of rotatable bonds is 6. The lowest BCUT2D eigenvalue weighted by molar-refractivity contribution is 0.0465. The van der Waals surface area contributed by atoms with Crippen LogP contribution in [0.15, 0.2) is 59.6 Å². The van der Waals surface area contributed by atoms with Crippen molar-refractivity contribution in [3.8, 4) is 0 Å². The maximum absolute atomic E-state index is 13.6. The molecule has 0 radical (unpaired) electrons. The number of benzene rings is 1. The predicted molar refractivity (Wildman–Crippen MR) is 167 cm³/mol. The molecule has 4 aromatic rings. The molecular weight excluding hydrogens is 634 g/mol. The first kappa shape index (κ1) is 30.7. The molecule has 1 saturated heterocycles. The molecule has 15 heteroatoms. The molecule has 3 unspecified atom stereocenters. The Labute approximate surface area is 261 Å². The predicted octanol–water partition coefficient (Wildman–Crippen LogP) is 4.92. The lowest BCUT2D eigenvalue weighted by Gasteiger charge is -2.44. The first-order chi connectivity index (χ1) is 20.9. The molecule has 1 aliphatic heterocycles. The van der Waals surface area contributed by atoms with E-state index in [-0.39, 0.29) is 23.3 Å². The molecular formula is C29H32BrN9O5. The SMILES string of the molecule is CC1CN(c2ccncc2NC(=O)c2nc3cc(Br)ccc3cc2NC(=O)O)CC(NC(=O)OC(C)(C)C)C1n1ccnn1. The molecule has 44 heavy (non-hydrogen) atoms. The van der Waals surface area contributed by atoms with Gasteiger partial charge in [-0.1, -0.05) is 34.1 Å². The molecule has 230 valence electrons. The first-order valence-corrected chi connectivity index (χ1v) is 14.6. The number of amides is 3. The zero-order valence-electron chi connectivity index (χ0n) is 24.5. The average Bonchev–Trinajstić information content (AvgIpc) is 3.46. The summed E-state index contributed by atoms with van der Waals surface area (Å²) in [4.78, 5) is 48.8. The summed E-state index contributed by atoms with van der Waals surface area (Å²) in [5, 5.41) is 26.4. The minimum absolute atomic E-state index is 0.0194. The molecule has 14 nitrogen and oxygen atoms in total. The Kier molecular flexibility index (Phi) is 8.67. The number of carbonyl (C=O) groups is 3. The number of carbonyl (C=O) groups excluding carboxylic acids is 2. The van der Waals surface area contributed by atoms with Crippen molar-refractivity contribution in [2.75, 3.05) is 28.6 Å². The monoisotopic (exact) mass is 665 g/mol. The minimum atomic E-state index is -1.33. The van der Waals surface area contributed by atoms with Crippen LogP contribution in [0.2, 0.25) is 0 Å². The highest BCUT2D eigenvalue weighted by atomic mass is 79.9. The second-order valence-corrected chi connectivity index (χ2v) is 12.4. The first-order valence-electron chi connectivity index (χ1n) is 13.8. The summed E-state index contributed by atoms with van der Waals surface area (Å²) in [6.07, 6.45) is 4.59. The number of anilines is 3. The Hall–Kier alpha value is -4.79. The van der Waals surface area contributed by atoms with E-state index in [9.17, 15) is 19.5 Å². The van der Waals surface area contributed by atoms with Crippen LogP contribution in [0.25, 0.3) is 10.9 Å². The van der Waals surface area contributed by atoms with E-state index < -0.39 is 29.7 Å². The maximum Gasteiger partial charge on any atom is 0.409 e. The third-order valence-corrected chi connectivity index (χ3v) is 7.49. The van der Waals surface area contributed by atoms with Gasteiger partial charge in [-0.25, -0.2) is 19.3 Å². The highest BCUT2D eigenvalue weighted by molar-refractivity contribution is 9.10. The number of aromatic nitrogens is 5. The van der Waals surface area contributed by atoms with Gasteiger partial charge in [0.25, 0.3) is 5.91 Å². The number of alkyl carbamates (subject to hydrolysis) is 1. The summed E-state index contributed by atoms with van der Waals surface area (Å²) in [7, 11) is 0. The van der Waals surface area contributed by atoms with Gasteiger partial charge in [0.05, 0.1) is 47.1 Å². The van der Waals surface area contributed by atoms with Gasteiger partial charge in [0, 0.05) is 35.3 Å². The fourth-order valence-corrected chi connectivity index (χ4v) is 5.69. The van der Waals surface area contributed by atoms with Gasteiger partial charge >= 0.3 is 12.2 Å². The van der Waals surface area contributed by atoms with E-state index in [1.165, 1.54) is 6.20 Å². The van der Waals surface area contributed by atoms with Crippen molar-refractivity contribution in [2.24, 2.45) is 5.92 Å². The third kappa shape index (κ3) is 7.05. The number of nitrogens with one attached hydrogen (secondary N) is 3. The molecule has 0 saturated carbocycles. The zero-order chi connectivity index (χ0) is 31.6. The summed E-state index contributed by atoms with van der Waals surface area (Å²) < 4.78 is 8.04. The van der Waals surface area contributed by atoms with Gasteiger partial charge in [-0.2, -0.15) is 0 Å². The molecule has 0 aliphatic carbocycles. The second-order valence-electron chi connectivity index (χ2n) is 11.5. The van der Waals surface area contributed by atoms with E-state index >= 15 is 0 Å². The number of nitrogens with zero attached hydrogens (tertiary/aromatic N) is 6. The summed E-state index contributed by atoms with van der Waals surface area (Å²) in [6.45, 7) is 8.34. The number of pyridine rings is 2. The largest absolute Gasteiger partial charge is 0.465 e. The number of halogens is 1. The van der Waals surface area contributed by atoms with Crippen LogP contribution in [0, 0.1) is 5.92 Å². The van der Waals surface area contributed by atoms with Crippen LogP contribution in [0.1, 0.15) is 44.2 Å². The smallest absolute Gasteiger partial charge is 0.409 e. The lowest BCUT2D eigenvalue weighted by atomic mass is 9.89. The summed E-state index contributed by atoms with van der Waals surface area (Å²) in [6, 6.07) is 7.99. The Morgan fingerprint density at radius 2 is 1.86 bits per heavy atom. The fourth-order valence-electron chi connectivity index (χ4n) is 5.34. The molecule has 3 amide bonds. The summed E-state index contributed by atoms with van der Waals surface area (Å²) >= 11 is 3.41. The van der Waals surface area contributed by atoms with Gasteiger partial charge in [-0.3, -0.25) is 15.1 Å². The number of hydrogen-bond donors (Lipinski definition) is 4. The highest BCUT2D eigenvalue weighted by Crippen LogP contribution is 2.35. The van der Waals surface area contributed by atoms with Crippen LogP contribution < -0.4 is 20.9 Å². The number of piperidine rings is 1. The van der Waals surface area contributed by atoms with Crippen LogP contribution in [0.3, 0.4) is 0 Å². The van der Waals surface area contributed by atoms with E-state index in [2.05, 4.69) is 52.2 Å². The second kappa shape index (κ2) is 12.4. The van der Waals surface area contributed by atoms with Crippen molar-refractivity contribution in [1.82, 2.24) is 30.3 Å². The van der Waals surface area contributed by atoms with Crippen LogP contribution in [-0.2, 0) is 4.74 Å². The molecule has 1 aliphatic rings. The Bertz CT molecular complexity index is 1690. The molecule has 4 N–H and O–H groups in total. The summed E-state index contributed by atoms with van der Waals surface area (Å²) in [5.74, 6) is -0.645. The van der Waals surface area contributed by atoms with Crippen LogP contribution >= 0.6 is 15.9 Å². The van der Waals surface area contributed by atoms with Gasteiger partial charge in [0.1, 0.15) is 5.60 Å². The Morgan fingerprint density at radius 1 is 1.07 bits per heavy atom. The third-order valence-electron chi connectivity index (χ3n) is 6.99. The molecule has 3 atom stereocenters. The van der Waals surface area contributed by atoms with Gasteiger partial charge < -0.3 is 25.4 Å². The molecule has 4 heterocycles. The summed E-state index contributed by atoms with van der Waals surface area (Å²) in [5.41, 5.74) is 0.805. The number of ether oxygens (including phenoxy) is 1. The van der Waals surface area contributed by atoms with Crippen molar-refractivity contribution < 1.29 is 24.2 Å². The normalized spacial score (nSPS) is 18.5. The fraction of sp³-hybridized carbons (Fsp3) is 0.345. The topological polar surface area (TPSA) is 176 Å². The van der Waals surface area contributed by atoms with Gasteiger partial charge in [0.15, 0.2) is 5.69 Å². The maximum atomic E-state index is 13.6. The quantitative estimate of drug-likeness (QED) is 0.221. The van der Waals surface area contributed by atoms with E-state index in [1.807, 2.05) is 11.8 Å². The standard InChI is InChI=1S/C29H32BrN9O5/c1-16-14-38(15-22(25(16)39-10-9-32-37-39)36-28(43)44-29(2,3)4)23-7-8-31-13-21(23)34-26(40)24-20(35-27(41)42)11-17-5-6-18(30)12-19(17)33-24/h5-13,16,22,25,35H,14-15H2,1-4H3,(H,34,40)(H,36,43)(H,41,42). The van der Waals surface area contributed by atoms with E-state index in [4.69, 9.17) is 4.74 Å². The molecule has 1 aromatic carbocycles. The van der Waals surface area contributed by atoms with Crippen molar-refractivity contribution in [3.05, 3.63) is 65.3 Å². The van der Waals surface area contributed by atoms with Crippen molar-refractivity contribution in [3.63, 3.8) is 0 Å². The minimum Gasteiger partial charge on any atom is -0.465 e. The highest BCUT2D eigenvalue weighted by Gasteiger charge is 2.39. The lowest BCUT2D eigenvalue weighted by Crippen LogP contribution is -2.57. The number of fused-ring (bicyclic) bond motifs is 1. The van der Waals surface area contributed by atoms with E-state index in [1.54, 1.807) is 74.4 Å². The number of hydrogen-bond acceptors (Lipinski definition) is 9. The van der Waals surface area contributed by atoms with Gasteiger partial charge in [-0.05, 0) is 51.0 Å². The molecule has 1 fully saturated rings. The van der Waals surface area contributed by atoms with Crippen LogP contribution in [0.5, 0.6) is 0 Å². The Morgan fingerprint density at radius 3 is 2.57 bits per heavy atom. The molecule has 0 bridgehead atoms. The molecule has 5 rings (SSSR count). The van der Waals surface area contributed by atoms with Crippen LogP contribution in [0.4, 0.5) is 26.7 Å². The van der Waals surface area contributed by atoms with Gasteiger partial charge in [-0.15, -0.1) is 5.10 Å². The van der Waals surface area contributed by atoms with Crippen LogP contribution in [-0.4, -0.2) is 72.9 Å². The van der Waals surface area contributed by atoms with Crippen molar-refractivity contribution in [1.29, 1.82) is 0 Å². The zero-order valence-corrected chi connectivity index (χ0v) is 26.1. The Balaban J connectivity index is 1.45. The van der Waals surface area contributed by atoms with Gasteiger partial charge in [0.2, 0.25) is 0 Å².